The van der Waals surface area contributed by atoms with Gasteiger partial charge in [0.15, 0.2) is 6.61 Å². The first-order valence-corrected chi connectivity index (χ1v) is 10.7. The molecule has 1 aliphatic rings. The summed E-state index contributed by atoms with van der Waals surface area (Å²) in [4.78, 5) is 28.8. The van der Waals surface area contributed by atoms with Gasteiger partial charge in [-0.1, -0.05) is 12.1 Å². The van der Waals surface area contributed by atoms with Crippen molar-refractivity contribution in [1.29, 1.82) is 0 Å². The van der Waals surface area contributed by atoms with Gasteiger partial charge in [-0.05, 0) is 48.6 Å². The van der Waals surface area contributed by atoms with Crippen LogP contribution < -0.4 is 4.74 Å². The Bertz CT molecular complexity index is 1100. The van der Waals surface area contributed by atoms with Crippen LogP contribution in [0.3, 0.4) is 0 Å². The summed E-state index contributed by atoms with van der Waals surface area (Å²) < 4.78 is 85.0. The van der Waals surface area contributed by atoms with Crippen LogP contribution in [0.4, 0.5) is 26.3 Å². The van der Waals surface area contributed by atoms with E-state index < -0.39 is 49.3 Å². The zero-order valence-electron chi connectivity index (χ0n) is 18.5. The summed E-state index contributed by atoms with van der Waals surface area (Å²) in [7, 11) is 0. The van der Waals surface area contributed by atoms with E-state index in [0.717, 1.165) is 24.4 Å². The molecule has 2 aromatic rings. The van der Waals surface area contributed by atoms with E-state index in [0.29, 0.717) is 12.8 Å². The molecule has 12 heteroatoms. The number of carboxylic acids is 1. The summed E-state index contributed by atoms with van der Waals surface area (Å²) in [5.41, 5.74) is -1.75. The van der Waals surface area contributed by atoms with Gasteiger partial charge in [-0.15, -0.1) is 0 Å². The van der Waals surface area contributed by atoms with E-state index in [9.17, 15) is 35.9 Å². The van der Waals surface area contributed by atoms with Crippen LogP contribution in [0.2, 0.25) is 0 Å². The van der Waals surface area contributed by atoms with Crippen molar-refractivity contribution in [1.82, 2.24) is 9.88 Å². The Labute approximate surface area is 196 Å². The van der Waals surface area contributed by atoms with E-state index in [1.54, 1.807) is 6.92 Å². The Kier molecular flexibility index (Phi) is 7.61. The lowest BCUT2D eigenvalue weighted by atomic mass is 9.93. The Morgan fingerprint density at radius 3 is 2.37 bits per heavy atom. The van der Waals surface area contributed by atoms with Crippen LogP contribution in [-0.2, 0) is 28.7 Å². The number of aliphatic carboxylic acids is 1. The summed E-state index contributed by atoms with van der Waals surface area (Å²) in [6.45, 7) is -0.460. The number of carbonyl (C=O) groups excluding carboxylic acids is 1. The number of benzene rings is 1. The van der Waals surface area contributed by atoms with E-state index in [1.165, 1.54) is 11.0 Å². The zero-order chi connectivity index (χ0) is 26.0. The number of alkyl halides is 6. The molecule has 1 aromatic carbocycles. The minimum absolute atomic E-state index is 0.0524. The van der Waals surface area contributed by atoms with Gasteiger partial charge in [-0.3, -0.25) is 9.59 Å². The molecule has 1 heterocycles. The van der Waals surface area contributed by atoms with Crippen molar-refractivity contribution in [2.24, 2.45) is 5.92 Å². The molecule has 0 saturated heterocycles. The number of pyridine rings is 1. The van der Waals surface area contributed by atoms with Crippen LogP contribution in [-0.4, -0.2) is 46.2 Å². The molecule has 1 aliphatic carbocycles. The van der Waals surface area contributed by atoms with Gasteiger partial charge in [0.05, 0.1) is 12.0 Å². The second kappa shape index (κ2) is 10.1. The lowest BCUT2D eigenvalue weighted by Gasteiger charge is -2.26. The molecule has 1 fully saturated rings. The molecule has 1 amide bonds. The molecule has 0 radical (unpaired) electrons. The van der Waals surface area contributed by atoms with Gasteiger partial charge in [-0.2, -0.15) is 26.3 Å². The van der Waals surface area contributed by atoms with E-state index in [-0.39, 0.29) is 40.6 Å². The number of ether oxygens (including phenoxy) is 1. The first-order chi connectivity index (χ1) is 16.3. The Hall–Kier alpha value is -3.31. The number of halogens is 6. The number of aromatic nitrogens is 1. The number of hydrogen-bond donors (Lipinski definition) is 1. The zero-order valence-corrected chi connectivity index (χ0v) is 18.5. The Balaban J connectivity index is 2.17. The number of carboxylic acid groups (broad SMARTS) is 1. The molecule has 3 rings (SSSR count). The topological polar surface area (TPSA) is 79.7 Å². The minimum atomic E-state index is -4.83. The molecule has 1 aromatic heterocycles. The summed E-state index contributed by atoms with van der Waals surface area (Å²) in [6.07, 6.45) is -7.86. The number of rotatable bonds is 9. The fourth-order valence-corrected chi connectivity index (χ4v) is 3.62. The molecular weight excluding hydrogens is 482 g/mol. The largest absolute Gasteiger partial charge is 0.481 e. The quantitative estimate of drug-likeness (QED) is 0.481. The van der Waals surface area contributed by atoms with Crippen LogP contribution in [0.25, 0.3) is 11.1 Å². The molecule has 0 atom stereocenters. The Morgan fingerprint density at radius 1 is 1.14 bits per heavy atom. The van der Waals surface area contributed by atoms with Crippen molar-refractivity contribution in [3.8, 4) is 17.0 Å². The van der Waals surface area contributed by atoms with E-state index in [4.69, 9.17) is 9.84 Å². The second-order valence-electron chi connectivity index (χ2n) is 8.13. The van der Waals surface area contributed by atoms with E-state index in [1.807, 2.05) is 0 Å². The molecular formula is C23H22F6N2O4. The highest BCUT2D eigenvalue weighted by Crippen LogP contribution is 2.41. The van der Waals surface area contributed by atoms with Crippen LogP contribution in [0.1, 0.15) is 36.5 Å². The number of amides is 1. The summed E-state index contributed by atoms with van der Waals surface area (Å²) in [6, 6.07) is 4.30. The lowest BCUT2D eigenvalue weighted by molar-refractivity contribution is -0.154. The maximum Gasteiger partial charge on any atom is 0.422 e. The maximum absolute atomic E-state index is 13.9. The average Bonchev–Trinajstić information content (AvgIpc) is 3.59. The highest BCUT2D eigenvalue weighted by Gasteiger charge is 2.38. The second-order valence-corrected chi connectivity index (χ2v) is 8.13. The third-order valence-corrected chi connectivity index (χ3v) is 5.38. The van der Waals surface area contributed by atoms with Gasteiger partial charge in [0.25, 0.3) is 0 Å². The molecule has 0 spiro atoms. The fourth-order valence-electron chi connectivity index (χ4n) is 3.62. The molecule has 35 heavy (non-hydrogen) atoms. The van der Waals surface area contributed by atoms with Crippen molar-refractivity contribution in [2.45, 2.75) is 45.1 Å². The predicted octanol–water partition coefficient (Wildman–Crippen LogP) is 5.09. The first kappa shape index (κ1) is 26.3. The van der Waals surface area contributed by atoms with Crippen molar-refractivity contribution >= 4 is 11.9 Å². The van der Waals surface area contributed by atoms with Crippen LogP contribution >= 0.6 is 0 Å². The van der Waals surface area contributed by atoms with Crippen molar-refractivity contribution in [3.63, 3.8) is 0 Å². The molecule has 6 nitrogen and oxygen atoms in total. The molecule has 1 saturated carbocycles. The van der Waals surface area contributed by atoms with Gasteiger partial charge in [0, 0.05) is 30.8 Å². The predicted molar refractivity (Wildman–Crippen MR) is 111 cm³/mol. The van der Waals surface area contributed by atoms with Gasteiger partial charge in [0.2, 0.25) is 11.8 Å². The first-order valence-electron chi connectivity index (χ1n) is 10.7. The SMILES string of the molecule is CCN(Cc1c(-c2cc(CC(=O)O)cnc2OCC(F)(F)F)cccc1C(F)(F)F)C(=O)C1CC1. The third kappa shape index (κ3) is 6.86. The molecule has 0 aliphatic heterocycles. The van der Waals surface area contributed by atoms with Crippen molar-refractivity contribution < 1.29 is 45.8 Å². The van der Waals surface area contributed by atoms with Crippen LogP contribution in [0.15, 0.2) is 30.5 Å². The van der Waals surface area contributed by atoms with E-state index >= 15 is 0 Å². The normalized spacial score (nSPS) is 14.0. The number of carbonyl (C=O) groups is 2. The molecule has 1 N–H and O–H groups in total. The lowest BCUT2D eigenvalue weighted by Crippen LogP contribution is -2.32. The summed E-state index contributed by atoms with van der Waals surface area (Å²) >= 11 is 0. The average molecular weight is 504 g/mol. The van der Waals surface area contributed by atoms with Gasteiger partial charge in [-0.25, -0.2) is 4.98 Å². The smallest absolute Gasteiger partial charge is 0.422 e. The van der Waals surface area contributed by atoms with Gasteiger partial charge < -0.3 is 14.7 Å². The van der Waals surface area contributed by atoms with Crippen molar-refractivity contribution in [2.75, 3.05) is 13.2 Å². The molecule has 0 unspecified atom stereocenters. The summed E-state index contributed by atoms with van der Waals surface area (Å²) in [5.74, 6) is -2.43. The highest BCUT2D eigenvalue weighted by molar-refractivity contribution is 5.82. The molecule has 0 bridgehead atoms. The monoisotopic (exact) mass is 504 g/mol. The maximum atomic E-state index is 13.9. The minimum Gasteiger partial charge on any atom is -0.481 e. The fraction of sp³-hybridized carbons (Fsp3) is 0.435. The van der Waals surface area contributed by atoms with Crippen molar-refractivity contribution in [3.05, 3.63) is 47.2 Å². The number of hydrogen-bond acceptors (Lipinski definition) is 4. The van der Waals surface area contributed by atoms with Gasteiger partial charge in [0.1, 0.15) is 0 Å². The standard InChI is InChI=1S/C23H22F6N2O4/c1-2-31(21(34)14-6-7-14)11-17-15(4-3-5-18(17)23(27,28)29)16-8-13(9-19(32)33)10-30-20(16)35-12-22(24,25)26/h3-5,8,10,14H,2,6-7,9,11-12H2,1H3,(H,32,33). The third-order valence-electron chi connectivity index (χ3n) is 5.38. The Morgan fingerprint density at radius 2 is 1.83 bits per heavy atom. The number of nitrogens with zero attached hydrogens (tertiary/aromatic N) is 2. The summed E-state index contributed by atoms with van der Waals surface area (Å²) in [5, 5.41) is 9.08. The van der Waals surface area contributed by atoms with Crippen LogP contribution in [0.5, 0.6) is 5.88 Å². The molecule has 190 valence electrons. The van der Waals surface area contributed by atoms with Crippen LogP contribution in [0, 0.1) is 5.92 Å². The van der Waals surface area contributed by atoms with Gasteiger partial charge >= 0.3 is 18.3 Å². The van der Waals surface area contributed by atoms with E-state index in [2.05, 4.69) is 4.98 Å². The highest BCUT2D eigenvalue weighted by atomic mass is 19.4.